The van der Waals surface area contributed by atoms with E-state index in [1.54, 1.807) is 11.3 Å². The molecule has 2 aliphatic rings. The van der Waals surface area contributed by atoms with Crippen LogP contribution in [-0.2, 0) is 11.2 Å². The molecule has 4 nitrogen and oxygen atoms in total. The van der Waals surface area contributed by atoms with E-state index in [2.05, 4.69) is 11.4 Å². The van der Waals surface area contributed by atoms with E-state index in [4.69, 9.17) is 16.3 Å². The summed E-state index contributed by atoms with van der Waals surface area (Å²) < 4.78 is 6.37. The second kappa shape index (κ2) is 6.61. The van der Waals surface area contributed by atoms with Crippen LogP contribution in [0.1, 0.15) is 56.5 Å². The number of rotatable bonds is 2. The Labute approximate surface area is 147 Å². The van der Waals surface area contributed by atoms with Gasteiger partial charge in [0, 0.05) is 30.1 Å². The maximum absolute atomic E-state index is 12.3. The number of carbonyl (C=O) groups is 1. The van der Waals surface area contributed by atoms with Crippen molar-refractivity contribution < 1.29 is 9.53 Å². The molecule has 3 rings (SSSR count). The second-order valence-electron chi connectivity index (χ2n) is 7.45. The molecule has 1 saturated heterocycles. The van der Waals surface area contributed by atoms with Gasteiger partial charge in [-0.15, -0.1) is 11.3 Å². The average molecular weight is 357 g/mol. The fourth-order valence-electron chi connectivity index (χ4n) is 3.39. The molecule has 23 heavy (non-hydrogen) atoms. The van der Waals surface area contributed by atoms with E-state index in [0.29, 0.717) is 12.1 Å². The van der Waals surface area contributed by atoms with E-state index in [9.17, 15) is 4.79 Å². The van der Waals surface area contributed by atoms with Gasteiger partial charge >= 0.3 is 6.09 Å². The molecule has 1 aromatic rings. The zero-order valence-corrected chi connectivity index (χ0v) is 15.6. The van der Waals surface area contributed by atoms with Crippen LogP contribution < -0.4 is 5.32 Å². The summed E-state index contributed by atoms with van der Waals surface area (Å²) in [6.45, 7) is 7.23. The largest absolute Gasteiger partial charge is 0.444 e. The Hall–Kier alpha value is -0.780. The number of hydrogen-bond donors (Lipinski definition) is 1. The van der Waals surface area contributed by atoms with Crippen molar-refractivity contribution in [2.75, 3.05) is 13.1 Å². The molecule has 1 fully saturated rings. The topological polar surface area (TPSA) is 41.6 Å². The molecule has 0 aromatic carbocycles. The Morgan fingerprint density at radius 2 is 2.22 bits per heavy atom. The molecular formula is C17H25ClN2O2S. The summed E-state index contributed by atoms with van der Waals surface area (Å²) in [4.78, 5) is 15.5. The number of halogens is 1. The molecule has 128 valence electrons. The lowest BCUT2D eigenvalue weighted by Crippen LogP contribution is -2.49. The van der Waals surface area contributed by atoms with Crippen LogP contribution in [0.4, 0.5) is 4.79 Å². The van der Waals surface area contributed by atoms with Gasteiger partial charge in [0.2, 0.25) is 0 Å². The van der Waals surface area contributed by atoms with Crippen molar-refractivity contribution in [2.24, 2.45) is 0 Å². The van der Waals surface area contributed by atoms with Gasteiger partial charge in [0.25, 0.3) is 0 Å². The molecule has 0 radical (unpaired) electrons. The molecule has 1 amide bonds. The van der Waals surface area contributed by atoms with Crippen molar-refractivity contribution in [3.63, 3.8) is 0 Å². The minimum Gasteiger partial charge on any atom is -0.444 e. The molecule has 1 aliphatic carbocycles. The quantitative estimate of drug-likeness (QED) is 0.855. The van der Waals surface area contributed by atoms with Gasteiger partial charge in [0.15, 0.2) is 0 Å². The Bertz CT molecular complexity index is 582. The zero-order valence-electron chi connectivity index (χ0n) is 14.0. The first-order valence-corrected chi connectivity index (χ1v) is 9.53. The number of nitrogens with zero attached hydrogens (tertiary/aromatic N) is 1. The summed E-state index contributed by atoms with van der Waals surface area (Å²) in [5, 5.41) is 3.73. The Balaban J connectivity index is 1.58. The van der Waals surface area contributed by atoms with E-state index >= 15 is 0 Å². The first-order valence-electron chi connectivity index (χ1n) is 8.34. The van der Waals surface area contributed by atoms with E-state index in [-0.39, 0.29) is 6.09 Å². The van der Waals surface area contributed by atoms with Gasteiger partial charge in [-0.1, -0.05) is 11.6 Å². The number of thiophene rings is 1. The van der Waals surface area contributed by atoms with Gasteiger partial charge < -0.3 is 15.0 Å². The molecule has 6 heteroatoms. The molecule has 1 aliphatic heterocycles. The number of ether oxygens (including phenoxy) is 1. The van der Waals surface area contributed by atoms with Gasteiger partial charge in [-0.25, -0.2) is 4.79 Å². The molecular weight excluding hydrogens is 332 g/mol. The fraction of sp³-hybridized carbons (Fsp3) is 0.706. The normalized spacial score (nSPS) is 24.6. The molecule has 2 unspecified atom stereocenters. The van der Waals surface area contributed by atoms with E-state index in [0.717, 1.165) is 43.1 Å². The highest BCUT2D eigenvalue weighted by molar-refractivity contribution is 7.16. The summed E-state index contributed by atoms with van der Waals surface area (Å²) in [6, 6.07) is 2.80. The molecule has 0 bridgehead atoms. The van der Waals surface area contributed by atoms with Crippen molar-refractivity contribution in [1.29, 1.82) is 0 Å². The van der Waals surface area contributed by atoms with Crippen molar-refractivity contribution in [1.82, 2.24) is 10.2 Å². The third-order valence-electron chi connectivity index (χ3n) is 4.36. The number of piperidine rings is 1. The fourth-order valence-corrected chi connectivity index (χ4v) is 4.75. The minimum atomic E-state index is -0.439. The van der Waals surface area contributed by atoms with Crippen LogP contribution in [0.5, 0.6) is 0 Å². The number of aryl methyl sites for hydroxylation is 1. The predicted molar refractivity (Wildman–Crippen MR) is 94.4 cm³/mol. The third kappa shape index (κ3) is 4.20. The number of nitrogens with one attached hydrogen (secondary N) is 1. The molecule has 1 N–H and O–H groups in total. The van der Waals surface area contributed by atoms with Crippen LogP contribution in [-0.4, -0.2) is 35.7 Å². The summed E-state index contributed by atoms with van der Waals surface area (Å²) in [5.74, 6) is 0. The minimum absolute atomic E-state index is 0.199. The lowest BCUT2D eigenvalue weighted by atomic mass is 10.0. The van der Waals surface area contributed by atoms with Crippen molar-refractivity contribution in [3.8, 4) is 0 Å². The highest BCUT2D eigenvalue weighted by Crippen LogP contribution is 2.39. The van der Waals surface area contributed by atoms with E-state index < -0.39 is 5.60 Å². The number of fused-ring (bicyclic) bond motifs is 1. The number of carbonyl (C=O) groups excluding carboxylic acids is 1. The highest BCUT2D eigenvalue weighted by Gasteiger charge is 2.31. The van der Waals surface area contributed by atoms with Gasteiger partial charge in [-0.2, -0.15) is 0 Å². The smallest absolute Gasteiger partial charge is 0.410 e. The van der Waals surface area contributed by atoms with Gasteiger partial charge in [-0.3, -0.25) is 0 Å². The summed E-state index contributed by atoms with van der Waals surface area (Å²) in [6.07, 6.45) is 4.15. The van der Waals surface area contributed by atoms with Crippen molar-refractivity contribution >= 4 is 29.0 Å². The van der Waals surface area contributed by atoms with Gasteiger partial charge in [0.05, 0.1) is 4.34 Å². The van der Waals surface area contributed by atoms with E-state index in [1.807, 2.05) is 25.7 Å². The Morgan fingerprint density at radius 3 is 2.96 bits per heavy atom. The summed E-state index contributed by atoms with van der Waals surface area (Å²) in [7, 11) is 0. The molecule has 0 spiro atoms. The highest BCUT2D eigenvalue weighted by atomic mass is 35.5. The average Bonchev–Trinajstić information content (AvgIpc) is 2.98. The number of likely N-dealkylation sites (tertiary alicyclic amines) is 1. The van der Waals surface area contributed by atoms with Crippen LogP contribution in [0.15, 0.2) is 6.07 Å². The van der Waals surface area contributed by atoms with Gasteiger partial charge in [-0.05, 0) is 58.1 Å². The Morgan fingerprint density at radius 1 is 1.43 bits per heavy atom. The van der Waals surface area contributed by atoms with Crippen LogP contribution >= 0.6 is 22.9 Å². The van der Waals surface area contributed by atoms with Crippen LogP contribution in [0.3, 0.4) is 0 Å². The van der Waals surface area contributed by atoms with Crippen LogP contribution in [0.2, 0.25) is 4.34 Å². The van der Waals surface area contributed by atoms with Gasteiger partial charge in [0.1, 0.15) is 5.60 Å². The maximum atomic E-state index is 12.3. The summed E-state index contributed by atoms with van der Waals surface area (Å²) in [5.41, 5.74) is 0.917. The first-order chi connectivity index (χ1) is 10.8. The first kappa shape index (κ1) is 17.1. The number of amides is 1. The van der Waals surface area contributed by atoms with Crippen LogP contribution in [0.25, 0.3) is 0 Å². The summed E-state index contributed by atoms with van der Waals surface area (Å²) >= 11 is 7.83. The maximum Gasteiger partial charge on any atom is 0.410 e. The zero-order chi connectivity index (χ0) is 16.6. The Kier molecular flexibility index (Phi) is 4.90. The standard InChI is InChI=1S/C17H25ClN2O2S/c1-17(2,3)22-16(21)20-8-4-5-11(10-20)19-13-6-7-14-12(13)9-15(18)23-14/h9,11,13,19H,4-8,10H2,1-3H3. The third-order valence-corrected chi connectivity index (χ3v) is 5.70. The molecule has 0 saturated carbocycles. The monoisotopic (exact) mass is 356 g/mol. The molecule has 2 heterocycles. The van der Waals surface area contributed by atoms with Crippen molar-refractivity contribution in [2.45, 2.75) is 64.1 Å². The predicted octanol–water partition coefficient (Wildman–Crippen LogP) is 4.38. The van der Waals surface area contributed by atoms with Crippen molar-refractivity contribution in [3.05, 3.63) is 20.8 Å². The second-order valence-corrected chi connectivity index (χ2v) is 9.22. The van der Waals surface area contributed by atoms with Crippen LogP contribution in [0, 0.1) is 0 Å². The molecule has 2 atom stereocenters. The lowest BCUT2D eigenvalue weighted by molar-refractivity contribution is 0.0183. The molecule has 1 aromatic heterocycles. The number of hydrogen-bond acceptors (Lipinski definition) is 4. The lowest BCUT2D eigenvalue weighted by Gasteiger charge is -2.35. The SMILES string of the molecule is CC(C)(C)OC(=O)N1CCCC(NC2CCc3sc(Cl)cc32)C1. The van der Waals surface area contributed by atoms with E-state index in [1.165, 1.54) is 10.4 Å².